The van der Waals surface area contributed by atoms with Gasteiger partial charge in [-0.05, 0) is 42.2 Å². The third kappa shape index (κ3) is 3.36. The van der Waals surface area contributed by atoms with E-state index in [9.17, 15) is 0 Å². The highest BCUT2D eigenvalue weighted by Crippen LogP contribution is 2.37. The van der Waals surface area contributed by atoms with Gasteiger partial charge in [0, 0.05) is 6.04 Å². The predicted molar refractivity (Wildman–Crippen MR) is 77.2 cm³/mol. The molecule has 1 saturated carbocycles. The molecule has 0 unspecified atom stereocenters. The van der Waals surface area contributed by atoms with Crippen molar-refractivity contribution in [1.82, 2.24) is 0 Å². The van der Waals surface area contributed by atoms with Crippen molar-refractivity contribution in [2.24, 2.45) is 11.7 Å². The lowest BCUT2D eigenvalue weighted by Gasteiger charge is -2.13. The van der Waals surface area contributed by atoms with Gasteiger partial charge >= 0.3 is 0 Å². The summed E-state index contributed by atoms with van der Waals surface area (Å²) in [4.78, 5) is 0. The van der Waals surface area contributed by atoms with Crippen LogP contribution in [0.4, 0.5) is 0 Å². The molecule has 0 radical (unpaired) electrons. The minimum atomic E-state index is 0.131. The van der Waals surface area contributed by atoms with Gasteiger partial charge in [-0.15, -0.1) is 0 Å². The predicted octanol–water partition coefficient (Wildman–Crippen LogP) is 4.28. The lowest BCUT2D eigenvalue weighted by Crippen LogP contribution is -2.10. The second-order valence-electron chi connectivity index (χ2n) is 5.27. The molecule has 2 aromatic rings. The molecule has 19 heavy (non-hydrogen) atoms. The number of hydrogen-bond donors (Lipinski definition) is 1. The first-order chi connectivity index (χ1) is 9.31. The van der Waals surface area contributed by atoms with E-state index in [1.807, 2.05) is 42.5 Å². The van der Waals surface area contributed by atoms with E-state index in [1.54, 1.807) is 0 Å². The van der Waals surface area contributed by atoms with E-state index in [2.05, 4.69) is 12.1 Å². The summed E-state index contributed by atoms with van der Waals surface area (Å²) in [6.45, 7) is 0. The lowest BCUT2D eigenvalue weighted by atomic mass is 10.0. The zero-order chi connectivity index (χ0) is 13.1. The zero-order valence-corrected chi connectivity index (χ0v) is 11.0. The summed E-state index contributed by atoms with van der Waals surface area (Å²) in [6.07, 6.45) is 3.77. The van der Waals surface area contributed by atoms with Crippen molar-refractivity contribution in [2.45, 2.75) is 25.3 Å². The Morgan fingerprint density at radius 3 is 2.47 bits per heavy atom. The second-order valence-corrected chi connectivity index (χ2v) is 5.27. The summed E-state index contributed by atoms with van der Waals surface area (Å²) >= 11 is 0. The molecule has 2 aromatic carbocycles. The summed E-state index contributed by atoms with van der Waals surface area (Å²) in [5.74, 6) is 2.55. The van der Waals surface area contributed by atoms with E-state index in [0.29, 0.717) is 0 Å². The molecule has 0 aromatic heterocycles. The first-order valence-electron chi connectivity index (χ1n) is 6.90. The molecule has 0 heterocycles. The molecule has 1 aliphatic carbocycles. The number of benzene rings is 2. The number of nitrogens with two attached hydrogens (primary N) is 1. The Morgan fingerprint density at radius 2 is 1.74 bits per heavy atom. The number of ether oxygens (including phenoxy) is 1. The molecule has 0 bridgehead atoms. The Hall–Kier alpha value is -1.80. The van der Waals surface area contributed by atoms with E-state index in [4.69, 9.17) is 10.5 Å². The first-order valence-corrected chi connectivity index (χ1v) is 6.90. The molecule has 3 rings (SSSR count). The Bertz CT molecular complexity index is 534. The number of rotatable bonds is 5. The van der Waals surface area contributed by atoms with Crippen LogP contribution in [0.3, 0.4) is 0 Å². The first kappa shape index (κ1) is 12.2. The van der Waals surface area contributed by atoms with Crippen LogP contribution < -0.4 is 10.5 Å². The maximum absolute atomic E-state index is 6.24. The molecule has 2 nitrogen and oxygen atoms in total. The fourth-order valence-electron chi connectivity index (χ4n) is 2.28. The molecule has 0 spiro atoms. The largest absolute Gasteiger partial charge is 0.457 e. The van der Waals surface area contributed by atoms with E-state index in [0.717, 1.165) is 23.8 Å². The van der Waals surface area contributed by atoms with Gasteiger partial charge in [0.25, 0.3) is 0 Å². The highest BCUT2D eigenvalue weighted by Gasteiger charge is 2.24. The van der Waals surface area contributed by atoms with Crippen molar-refractivity contribution < 1.29 is 4.74 Å². The van der Waals surface area contributed by atoms with Gasteiger partial charge in [0.15, 0.2) is 0 Å². The SMILES string of the molecule is N[C@H](CC1CC1)c1cccc(Oc2ccccc2)c1. The lowest BCUT2D eigenvalue weighted by molar-refractivity contribution is 0.480. The van der Waals surface area contributed by atoms with Crippen molar-refractivity contribution >= 4 is 0 Å². The zero-order valence-electron chi connectivity index (χ0n) is 11.0. The van der Waals surface area contributed by atoms with E-state index in [1.165, 1.54) is 18.4 Å². The van der Waals surface area contributed by atoms with Crippen LogP contribution in [0.25, 0.3) is 0 Å². The highest BCUT2D eigenvalue weighted by molar-refractivity contribution is 5.35. The molecule has 0 saturated heterocycles. The molecule has 2 heteroatoms. The fourth-order valence-corrected chi connectivity index (χ4v) is 2.28. The third-order valence-corrected chi connectivity index (χ3v) is 3.55. The summed E-state index contributed by atoms with van der Waals surface area (Å²) in [7, 11) is 0. The average molecular weight is 253 g/mol. The van der Waals surface area contributed by atoms with Gasteiger partial charge in [0.05, 0.1) is 0 Å². The van der Waals surface area contributed by atoms with E-state index < -0.39 is 0 Å². The van der Waals surface area contributed by atoms with Crippen molar-refractivity contribution in [3.05, 3.63) is 60.2 Å². The highest BCUT2D eigenvalue weighted by atomic mass is 16.5. The Morgan fingerprint density at radius 1 is 1.00 bits per heavy atom. The fraction of sp³-hybridized carbons (Fsp3) is 0.294. The van der Waals surface area contributed by atoms with Gasteiger partial charge in [-0.3, -0.25) is 0 Å². The Kier molecular flexibility index (Phi) is 3.51. The second kappa shape index (κ2) is 5.45. The summed E-state index contributed by atoms with van der Waals surface area (Å²) < 4.78 is 5.83. The maximum Gasteiger partial charge on any atom is 0.127 e. The van der Waals surface area contributed by atoms with E-state index in [-0.39, 0.29) is 6.04 Å². The van der Waals surface area contributed by atoms with Gasteiger partial charge in [-0.25, -0.2) is 0 Å². The monoisotopic (exact) mass is 253 g/mol. The molecular formula is C17H19NO. The maximum atomic E-state index is 6.24. The molecule has 1 atom stereocenters. The molecule has 0 aliphatic heterocycles. The quantitative estimate of drug-likeness (QED) is 0.863. The smallest absolute Gasteiger partial charge is 0.127 e. The summed E-state index contributed by atoms with van der Waals surface area (Å²) in [5, 5.41) is 0. The van der Waals surface area contributed by atoms with Crippen LogP contribution in [0.15, 0.2) is 54.6 Å². The van der Waals surface area contributed by atoms with Crippen LogP contribution >= 0.6 is 0 Å². The van der Waals surface area contributed by atoms with Crippen LogP contribution in [-0.4, -0.2) is 0 Å². The van der Waals surface area contributed by atoms with Crippen molar-refractivity contribution in [2.75, 3.05) is 0 Å². The molecule has 1 fully saturated rings. The molecular weight excluding hydrogens is 234 g/mol. The van der Waals surface area contributed by atoms with Crippen molar-refractivity contribution in [1.29, 1.82) is 0 Å². The standard InChI is InChI=1S/C17H19NO/c18-17(11-13-9-10-13)14-5-4-8-16(12-14)19-15-6-2-1-3-7-15/h1-8,12-13,17H,9-11,18H2/t17-/m1/s1. The van der Waals surface area contributed by atoms with Crippen LogP contribution in [-0.2, 0) is 0 Å². The molecule has 1 aliphatic rings. The molecule has 98 valence electrons. The van der Waals surface area contributed by atoms with E-state index >= 15 is 0 Å². The third-order valence-electron chi connectivity index (χ3n) is 3.55. The Labute approximate surface area is 114 Å². The van der Waals surface area contributed by atoms with Gasteiger partial charge in [0.2, 0.25) is 0 Å². The van der Waals surface area contributed by atoms with Crippen LogP contribution in [0.5, 0.6) is 11.5 Å². The minimum absolute atomic E-state index is 0.131. The topological polar surface area (TPSA) is 35.2 Å². The number of hydrogen-bond acceptors (Lipinski definition) is 2. The van der Waals surface area contributed by atoms with Crippen LogP contribution in [0, 0.1) is 5.92 Å². The normalized spacial score (nSPS) is 16.1. The van der Waals surface area contributed by atoms with Gasteiger partial charge in [-0.2, -0.15) is 0 Å². The number of para-hydroxylation sites is 1. The van der Waals surface area contributed by atoms with Crippen molar-refractivity contribution in [3.63, 3.8) is 0 Å². The average Bonchev–Trinajstić information content (AvgIpc) is 3.24. The summed E-state index contributed by atoms with van der Waals surface area (Å²) in [6, 6.07) is 18.1. The van der Waals surface area contributed by atoms with Gasteiger partial charge in [0.1, 0.15) is 11.5 Å². The summed E-state index contributed by atoms with van der Waals surface area (Å²) in [5.41, 5.74) is 7.41. The van der Waals surface area contributed by atoms with Crippen LogP contribution in [0.1, 0.15) is 30.9 Å². The molecule has 0 amide bonds. The molecule has 2 N–H and O–H groups in total. The minimum Gasteiger partial charge on any atom is -0.457 e. The van der Waals surface area contributed by atoms with Gasteiger partial charge < -0.3 is 10.5 Å². The van der Waals surface area contributed by atoms with Crippen molar-refractivity contribution in [3.8, 4) is 11.5 Å². The Balaban J connectivity index is 1.71. The van der Waals surface area contributed by atoms with Crippen LogP contribution in [0.2, 0.25) is 0 Å². The van der Waals surface area contributed by atoms with Gasteiger partial charge in [-0.1, -0.05) is 43.2 Å².